The molecule has 9 heteroatoms. The molecule has 0 spiro atoms. The van der Waals surface area contributed by atoms with Crippen LogP contribution in [0.4, 0.5) is 17.6 Å². The molecule has 2 saturated heterocycles. The van der Waals surface area contributed by atoms with Gasteiger partial charge in [-0.1, -0.05) is 13.3 Å². The lowest BCUT2D eigenvalue weighted by Gasteiger charge is -2.32. The fourth-order valence-corrected chi connectivity index (χ4v) is 3.86. The van der Waals surface area contributed by atoms with E-state index in [1.54, 1.807) is 0 Å². The normalized spacial score (nSPS) is 26.9. The predicted molar refractivity (Wildman–Crippen MR) is 104 cm³/mol. The summed E-state index contributed by atoms with van der Waals surface area (Å²) in [5.41, 5.74) is 0.318. The van der Waals surface area contributed by atoms with Crippen LogP contribution in [-0.4, -0.2) is 45.6 Å². The summed E-state index contributed by atoms with van der Waals surface area (Å²) >= 11 is 0. The number of halogens is 4. The van der Waals surface area contributed by atoms with Gasteiger partial charge in [-0.25, -0.2) is 8.78 Å². The Morgan fingerprint density at radius 3 is 1.87 bits per heavy atom. The van der Waals surface area contributed by atoms with Crippen LogP contribution in [-0.2, 0) is 25.4 Å². The maximum atomic E-state index is 13.8. The molecule has 2 heterocycles. The van der Waals surface area contributed by atoms with Crippen molar-refractivity contribution in [3.8, 4) is 5.75 Å². The molecular weight excluding hydrogens is 420 g/mol. The molecule has 31 heavy (non-hydrogen) atoms. The van der Waals surface area contributed by atoms with E-state index in [-0.39, 0.29) is 18.6 Å². The second kappa shape index (κ2) is 12.0. The first-order valence-corrected chi connectivity index (χ1v) is 10.8. The van der Waals surface area contributed by atoms with Crippen molar-refractivity contribution in [2.24, 2.45) is 11.8 Å². The van der Waals surface area contributed by atoms with Crippen molar-refractivity contribution in [1.29, 1.82) is 0 Å². The SMILES string of the molecule is CCCC1COC(CCC2COC(CCc3cc(F)c(OC(F)F)c(F)c3)OC2)OC1. The first-order valence-electron chi connectivity index (χ1n) is 10.8. The van der Waals surface area contributed by atoms with Crippen LogP contribution in [0.25, 0.3) is 0 Å². The lowest BCUT2D eigenvalue weighted by atomic mass is 10.0. The molecule has 0 saturated carbocycles. The van der Waals surface area contributed by atoms with E-state index in [1.807, 2.05) is 0 Å². The van der Waals surface area contributed by atoms with Crippen LogP contribution >= 0.6 is 0 Å². The molecule has 2 aliphatic heterocycles. The largest absolute Gasteiger partial charge is 0.429 e. The summed E-state index contributed by atoms with van der Waals surface area (Å²) in [5, 5.41) is 0. The molecule has 2 aliphatic rings. The minimum atomic E-state index is -3.29. The highest BCUT2D eigenvalue weighted by molar-refractivity contribution is 5.31. The summed E-state index contributed by atoms with van der Waals surface area (Å²) < 4.78 is 78.9. The zero-order valence-corrected chi connectivity index (χ0v) is 17.7. The van der Waals surface area contributed by atoms with Gasteiger partial charge in [0.25, 0.3) is 0 Å². The van der Waals surface area contributed by atoms with Crippen LogP contribution in [0.2, 0.25) is 0 Å². The summed E-state index contributed by atoms with van der Waals surface area (Å²) in [5.74, 6) is -2.67. The smallest absolute Gasteiger partial charge is 0.387 e. The average molecular weight is 450 g/mol. The summed E-state index contributed by atoms with van der Waals surface area (Å²) in [6.45, 7) is 1.41. The number of benzene rings is 1. The summed E-state index contributed by atoms with van der Waals surface area (Å²) in [6, 6.07) is 1.98. The molecule has 2 fully saturated rings. The molecule has 3 rings (SSSR count). The van der Waals surface area contributed by atoms with Gasteiger partial charge in [-0.3, -0.25) is 0 Å². The highest BCUT2D eigenvalue weighted by Gasteiger charge is 2.26. The summed E-state index contributed by atoms with van der Waals surface area (Å²) in [7, 11) is 0. The van der Waals surface area contributed by atoms with E-state index in [1.165, 1.54) is 0 Å². The third-order valence-electron chi connectivity index (χ3n) is 5.51. The van der Waals surface area contributed by atoms with Crippen LogP contribution in [0.5, 0.6) is 5.75 Å². The van der Waals surface area contributed by atoms with E-state index in [9.17, 15) is 17.6 Å². The van der Waals surface area contributed by atoms with Gasteiger partial charge in [-0.15, -0.1) is 0 Å². The van der Waals surface area contributed by atoms with Crippen molar-refractivity contribution >= 4 is 0 Å². The maximum absolute atomic E-state index is 13.8. The predicted octanol–water partition coefficient (Wildman–Crippen LogP) is 5.06. The molecule has 0 amide bonds. The van der Waals surface area contributed by atoms with Gasteiger partial charge in [0.2, 0.25) is 0 Å². The van der Waals surface area contributed by atoms with Gasteiger partial charge in [-0.05, 0) is 43.4 Å². The van der Waals surface area contributed by atoms with Crippen LogP contribution in [0.15, 0.2) is 12.1 Å². The van der Waals surface area contributed by atoms with Crippen LogP contribution in [0.3, 0.4) is 0 Å². The Morgan fingerprint density at radius 2 is 1.35 bits per heavy atom. The zero-order chi connectivity index (χ0) is 22.2. The Labute approximate surface area is 179 Å². The lowest BCUT2D eigenvalue weighted by Crippen LogP contribution is -2.35. The van der Waals surface area contributed by atoms with E-state index in [0.29, 0.717) is 31.1 Å². The number of aryl methyl sites for hydroxylation is 1. The van der Waals surface area contributed by atoms with Crippen molar-refractivity contribution < 1.29 is 41.2 Å². The molecular formula is C22H30F4O5. The van der Waals surface area contributed by atoms with Crippen molar-refractivity contribution in [2.45, 2.75) is 64.6 Å². The maximum Gasteiger partial charge on any atom is 0.387 e. The highest BCUT2D eigenvalue weighted by atomic mass is 19.3. The van der Waals surface area contributed by atoms with Gasteiger partial charge in [0.15, 0.2) is 30.0 Å². The molecule has 176 valence electrons. The highest BCUT2D eigenvalue weighted by Crippen LogP contribution is 2.27. The van der Waals surface area contributed by atoms with Gasteiger partial charge in [-0.2, -0.15) is 8.78 Å². The molecule has 0 atom stereocenters. The Bertz CT molecular complexity index is 651. The zero-order valence-electron chi connectivity index (χ0n) is 17.7. The molecule has 0 radical (unpaired) electrons. The Kier molecular flexibility index (Phi) is 9.37. The Morgan fingerprint density at radius 1 is 0.839 bits per heavy atom. The topological polar surface area (TPSA) is 46.2 Å². The second-order valence-corrected chi connectivity index (χ2v) is 8.10. The van der Waals surface area contributed by atoms with Crippen molar-refractivity contribution in [3.63, 3.8) is 0 Å². The van der Waals surface area contributed by atoms with Crippen LogP contribution in [0.1, 0.15) is 44.6 Å². The monoisotopic (exact) mass is 450 g/mol. The van der Waals surface area contributed by atoms with Gasteiger partial charge in [0.1, 0.15) is 0 Å². The fraction of sp³-hybridized carbons (Fsp3) is 0.727. The number of hydrogen-bond donors (Lipinski definition) is 0. The minimum absolute atomic E-state index is 0.173. The Balaban J connectivity index is 1.34. The van der Waals surface area contributed by atoms with E-state index in [0.717, 1.165) is 51.0 Å². The van der Waals surface area contributed by atoms with Crippen molar-refractivity contribution in [3.05, 3.63) is 29.3 Å². The molecule has 0 bridgehead atoms. The van der Waals surface area contributed by atoms with Crippen LogP contribution < -0.4 is 4.74 Å². The molecule has 5 nitrogen and oxygen atoms in total. The fourth-order valence-electron chi connectivity index (χ4n) is 3.86. The number of hydrogen-bond acceptors (Lipinski definition) is 5. The summed E-state index contributed by atoms with van der Waals surface area (Å²) in [4.78, 5) is 0. The first kappa shape index (κ1) is 24.2. The average Bonchev–Trinajstić information content (AvgIpc) is 2.75. The van der Waals surface area contributed by atoms with E-state index in [4.69, 9.17) is 18.9 Å². The molecule has 0 aliphatic carbocycles. The number of rotatable bonds is 10. The van der Waals surface area contributed by atoms with Gasteiger partial charge in [0.05, 0.1) is 26.4 Å². The quantitative estimate of drug-likeness (QED) is 0.467. The number of alkyl halides is 2. The second-order valence-electron chi connectivity index (χ2n) is 8.10. The van der Waals surface area contributed by atoms with Crippen molar-refractivity contribution in [1.82, 2.24) is 0 Å². The minimum Gasteiger partial charge on any atom is -0.429 e. The van der Waals surface area contributed by atoms with Gasteiger partial charge < -0.3 is 23.7 Å². The van der Waals surface area contributed by atoms with Gasteiger partial charge >= 0.3 is 6.61 Å². The van der Waals surface area contributed by atoms with Crippen molar-refractivity contribution in [2.75, 3.05) is 26.4 Å². The van der Waals surface area contributed by atoms with Crippen LogP contribution in [0, 0.1) is 23.5 Å². The molecule has 0 N–H and O–H groups in total. The first-order chi connectivity index (χ1) is 14.9. The van der Waals surface area contributed by atoms with E-state index in [2.05, 4.69) is 11.7 Å². The molecule has 0 aromatic heterocycles. The molecule has 0 unspecified atom stereocenters. The lowest BCUT2D eigenvalue weighted by molar-refractivity contribution is -0.219. The van der Waals surface area contributed by atoms with Gasteiger partial charge in [0, 0.05) is 18.3 Å². The molecule has 1 aromatic rings. The van der Waals surface area contributed by atoms with E-state index >= 15 is 0 Å². The summed E-state index contributed by atoms with van der Waals surface area (Å²) in [6.07, 6.45) is 3.91. The Hall–Kier alpha value is -1.42. The standard InChI is InChI=1S/C22H30F4O5/c1-2-3-15-10-27-20(28-11-15)7-5-16-12-29-19(30-13-16)6-4-14-8-17(23)21(18(24)9-14)31-22(25)26/h8-9,15-16,19-20,22H,2-7,10-13H2,1H3. The molecule has 1 aromatic carbocycles. The van der Waals surface area contributed by atoms with E-state index < -0.39 is 30.3 Å². The third kappa shape index (κ3) is 7.59. The number of ether oxygens (including phenoxy) is 5. The third-order valence-corrected chi connectivity index (χ3v) is 5.51.